The van der Waals surface area contributed by atoms with Gasteiger partial charge in [-0.2, -0.15) is 0 Å². The maximum absolute atomic E-state index is 11.9. The van der Waals surface area contributed by atoms with Gasteiger partial charge in [-0.3, -0.25) is 4.79 Å². The molecule has 23 heavy (non-hydrogen) atoms. The first-order valence-corrected chi connectivity index (χ1v) is 7.91. The topological polar surface area (TPSA) is 148 Å². The number of hydrogen-bond acceptors (Lipinski definition) is 7. The van der Waals surface area contributed by atoms with E-state index in [0.717, 1.165) is 13.2 Å². The van der Waals surface area contributed by atoms with E-state index >= 15 is 0 Å². The Kier molecular flexibility index (Phi) is 6.69. The molecule has 0 radical (unpaired) electrons. The van der Waals surface area contributed by atoms with Crippen molar-refractivity contribution in [2.45, 2.75) is 4.90 Å². The highest BCUT2D eigenvalue weighted by atomic mass is 32.2. The zero-order valence-electron chi connectivity index (χ0n) is 12.3. The summed E-state index contributed by atoms with van der Waals surface area (Å²) in [5.74, 6) is -1.40. The number of aliphatic hydroxyl groups excluding tert-OH is 1. The van der Waals surface area contributed by atoms with Gasteiger partial charge in [0.05, 0.1) is 24.7 Å². The van der Waals surface area contributed by atoms with Crippen LogP contribution in [0.25, 0.3) is 0 Å². The smallest absolute Gasteiger partial charge is 0.332 e. The summed E-state index contributed by atoms with van der Waals surface area (Å²) in [7, 11) is -2.67. The predicted molar refractivity (Wildman–Crippen MR) is 81.6 cm³/mol. The molecule has 1 aromatic rings. The molecule has 0 aliphatic heterocycles. The zero-order chi connectivity index (χ0) is 17.5. The summed E-state index contributed by atoms with van der Waals surface area (Å²) >= 11 is 0. The molecule has 126 valence electrons. The fraction of sp³-hybridized carbons (Fsp3) is 0.231. The fourth-order valence-corrected chi connectivity index (χ4v) is 2.00. The number of benzene rings is 1. The monoisotopic (exact) mass is 343 g/mol. The third-order valence-electron chi connectivity index (χ3n) is 2.57. The number of primary sulfonamides is 1. The van der Waals surface area contributed by atoms with E-state index in [0.29, 0.717) is 5.69 Å². The molecule has 9 nitrogen and oxygen atoms in total. The van der Waals surface area contributed by atoms with Crippen molar-refractivity contribution < 1.29 is 27.9 Å². The van der Waals surface area contributed by atoms with Crippen LogP contribution in [-0.4, -0.2) is 45.7 Å². The van der Waals surface area contributed by atoms with E-state index in [9.17, 15) is 18.0 Å². The van der Waals surface area contributed by atoms with Gasteiger partial charge in [-0.05, 0) is 24.3 Å². The standard InChI is InChI=1S/C13H17N3O6S/c1-22-12(18)8-11(13(19)15-6-7-17)16-9-2-4-10(5-3-9)23(14,20)21/h2-5,8,16-17H,6-7H2,1H3,(H,15,19)(H2,14,20,21). The lowest BCUT2D eigenvalue weighted by molar-refractivity contribution is -0.135. The summed E-state index contributed by atoms with van der Waals surface area (Å²) in [5, 5.41) is 18.7. The maximum Gasteiger partial charge on any atom is 0.332 e. The summed E-state index contributed by atoms with van der Waals surface area (Å²) < 4.78 is 26.8. The molecule has 1 aromatic carbocycles. The van der Waals surface area contributed by atoms with Gasteiger partial charge in [0.25, 0.3) is 5.91 Å². The van der Waals surface area contributed by atoms with Crippen molar-refractivity contribution in [3.05, 3.63) is 36.0 Å². The van der Waals surface area contributed by atoms with E-state index in [2.05, 4.69) is 15.4 Å². The van der Waals surface area contributed by atoms with Gasteiger partial charge in [0, 0.05) is 12.2 Å². The van der Waals surface area contributed by atoms with Gasteiger partial charge < -0.3 is 20.5 Å². The van der Waals surface area contributed by atoms with Crippen LogP contribution < -0.4 is 15.8 Å². The molecule has 0 fully saturated rings. The number of methoxy groups -OCH3 is 1. The van der Waals surface area contributed by atoms with Gasteiger partial charge >= 0.3 is 5.97 Å². The van der Waals surface area contributed by atoms with Crippen molar-refractivity contribution in [3.8, 4) is 0 Å². The van der Waals surface area contributed by atoms with Crippen molar-refractivity contribution in [3.63, 3.8) is 0 Å². The normalized spacial score (nSPS) is 11.7. The highest BCUT2D eigenvalue weighted by Crippen LogP contribution is 2.14. The van der Waals surface area contributed by atoms with Gasteiger partial charge in [-0.1, -0.05) is 0 Å². The van der Waals surface area contributed by atoms with Crippen LogP contribution in [0.3, 0.4) is 0 Å². The average molecular weight is 343 g/mol. The third-order valence-corrected chi connectivity index (χ3v) is 3.50. The number of carbonyl (C=O) groups excluding carboxylic acids is 2. The van der Waals surface area contributed by atoms with Crippen molar-refractivity contribution in [2.75, 3.05) is 25.6 Å². The Morgan fingerprint density at radius 2 is 1.91 bits per heavy atom. The number of nitrogens with one attached hydrogen (secondary N) is 2. The first-order valence-electron chi connectivity index (χ1n) is 6.36. The minimum absolute atomic E-state index is 0.00335. The van der Waals surface area contributed by atoms with Crippen LogP contribution in [0.4, 0.5) is 5.69 Å². The molecule has 0 saturated carbocycles. The first-order chi connectivity index (χ1) is 10.8. The summed E-state index contributed by atoms with van der Waals surface area (Å²) in [6.07, 6.45) is 0.931. The molecular weight excluding hydrogens is 326 g/mol. The number of rotatable bonds is 7. The summed E-state index contributed by atoms with van der Waals surface area (Å²) in [6, 6.07) is 5.26. The zero-order valence-corrected chi connectivity index (χ0v) is 13.1. The number of sulfonamides is 1. The Bertz CT molecular complexity index is 697. The molecule has 0 aromatic heterocycles. The van der Waals surface area contributed by atoms with Crippen LogP contribution in [0, 0.1) is 0 Å². The van der Waals surface area contributed by atoms with E-state index in [-0.39, 0.29) is 23.7 Å². The van der Waals surface area contributed by atoms with Gasteiger partial charge in [-0.25, -0.2) is 18.4 Å². The number of carbonyl (C=O) groups is 2. The van der Waals surface area contributed by atoms with Crippen molar-refractivity contribution >= 4 is 27.6 Å². The van der Waals surface area contributed by atoms with E-state index in [4.69, 9.17) is 10.2 Å². The minimum atomic E-state index is -3.82. The van der Waals surface area contributed by atoms with Crippen LogP contribution >= 0.6 is 0 Å². The maximum atomic E-state index is 11.9. The van der Waals surface area contributed by atoms with Crippen LogP contribution in [0.15, 0.2) is 40.9 Å². The van der Waals surface area contributed by atoms with Gasteiger partial charge in [0.15, 0.2) is 0 Å². The second-order valence-electron chi connectivity index (χ2n) is 4.26. The number of amides is 1. The summed E-state index contributed by atoms with van der Waals surface area (Å²) in [4.78, 5) is 23.1. The SMILES string of the molecule is COC(=O)C=C(Nc1ccc(S(N)(=O)=O)cc1)C(=O)NCCO. The molecule has 10 heteroatoms. The Labute approximate surface area is 133 Å². The third kappa shape index (κ3) is 6.06. The van der Waals surface area contributed by atoms with Crippen molar-refractivity contribution in [1.82, 2.24) is 5.32 Å². The highest BCUT2D eigenvalue weighted by Gasteiger charge is 2.13. The number of ether oxygens (including phenoxy) is 1. The lowest BCUT2D eigenvalue weighted by Crippen LogP contribution is -2.31. The van der Waals surface area contributed by atoms with Crippen LogP contribution in [-0.2, 0) is 24.3 Å². The summed E-state index contributed by atoms with van der Waals surface area (Å²) in [5.41, 5.74) is 0.223. The van der Waals surface area contributed by atoms with Gasteiger partial charge in [0.2, 0.25) is 10.0 Å². The second kappa shape index (κ2) is 8.27. The molecule has 0 aliphatic rings. The van der Waals surface area contributed by atoms with Crippen LogP contribution in [0.2, 0.25) is 0 Å². The number of hydrogen-bond donors (Lipinski definition) is 4. The van der Waals surface area contributed by atoms with E-state index in [1.165, 1.54) is 24.3 Å². The molecule has 0 heterocycles. The van der Waals surface area contributed by atoms with Gasteiger partial charge in [0.1, 0.15) is 5.70 Å². The quantitative estimate of drug-likeness (QED) is 0.363. The lowest BCUT2D eigenvalue weighted by Gasteiger charge is -2.11. The van der Waals surface area contributed by atoms with Crippen molar-refractivity contribution in [1.29, 1.82) is 0 Å². The largest absolute Gasteiger partial charge is 0.466 e. The van der Waals surface area contributed by atoms with E-state index in [1.54, 1.807) is 0 Å². The number of anilines is 1. The Hall–Kier alpha value is -2.43. The molecular formula is C13H17N3O6S. The Balaban J connectivity index is 2.99. The molecule has 0 aliphatic carbocycles. The minimum Gasteiger partial charge on any atom is -0.466 e. The molecule has 0 unspecified atom stereocenters. The summed E-state index contributed by atoms with van der Waals surface area (Å²) in [6.45, 7) is -0.260. The average Bonchev–Trinajstić information content (AvgIpc) is 2.51. The predicted octanol–water partition coefficient (Wildman–Crippen LogP) is -1.09. The number of aliphatic hydroxyl groups is 1. The second-order valence-corrected chi connectivity index (χ2v) is 5.82. The van der Waals surface area contributed by atoms with Crippen molar-refractivity contribution in [2.24, 2.45) is 5.14 Å². The van der Waals surface area contributed by atoms with Crippen LogP contribution in [0.1, 0.15) is 0 Å². The molecule has 1 rings (SSSR count). The first kappa shape index (κ1) is 18.6. The number of nitrogens with two attached hydrogens (primary N) is 1. The fourth-order valence-electron chi connectivity index (χ4n) is 1.48. The van der Waals surface area contributed by atoms with E-state index < -0.39 is 21.9 Å². The Morgan fingerprint density at radius 1 is 1.30 bits per heavy atom. The molecule has 0 atom stereocenters. The molecule has 0 saturated heterocycles. The molecule has 5 N–H and O–H groups in total. The lowest BCUT2D eigenvalue weighted by atomic mass is 10.3. The molecule has 0 spiro atoms. The van der Waals surface area contributed by atoms with Crippen LogP contribution in [0.5, 0.6) is 0 Å². The van der Waals surface area contributed by atoms with Gasteiger partial charge in [-0.15, -0.1) is 0 Å². The number of esters is 1. The molecule has 1 amide bonds. The Morgan fingerprint density at radius 3 is 2.39 bits per heavy atom. The molecule has 0 bridgehead atoms. The van der Waals surface area contributed by atoms with E-state index in [1.807, 2.05) is 0 Å². The highest BCUT2D eigenvalue weighted by molar-refractivity contribution is 7.89.